The van der Waals surface area contributed by atoms with E-state index in [1.54, 1.807) is 18.5 Å². The Morgan fingerprint density at radius 1 is 1.45 bits per heavy atom. The summed E-state index contributed by atoms with van der Waals surface area (Å²) in [5, 5.41) is 12.1. The predicted molar refractivity (Wildman–Crippen MR) is 43.9 cm³/mol. The first-order valence-electron chi connectivity index (χ1n) is 3.43. The molecule has 0 amide bonds. The smallest absolute Gasteiger partial charge is 0.116 e. The van der Waals surface area contributed by atoms with Crippen LogP contribution in [0.3, 0.4) is 0 Å². The highest BCUT2D eigenvalue weighted by Crippen LogP contribution is 2.23. The van der Waals surface area contributed by atoms with Crippen LogP contribution in [-0.4, -0.2) is 11.4 Å². The molecule has 3 heteroatoms. The van der Waals surface area contributed by atoms with E-state index in [1.807, 2.05) is 6.07 Å². The summed E-state index contributed by atoms with van der Waals surface area (Å²) in [4.78, 5) is 4.01. The molecule has 0 unspecified atom stereocenters. The SMILES string of the molecule is Oc1ccc2c(c1)CN=CN2. The quantitative estimate of drug-likeness (QED) is 0.545. The topological polar surface area (TPSA) is 44.6 Å². The average Bonchev–Trinajstić information content (AvgIpc) is 2.04. The van der Waals surface area contributed by atoms with Crippen molar-refractivity contribution in [3.63, 3.8) is 0 Å². The van der Waals surface area contributed by atoms with Crippen molar-refractivity contribution in [1.29, 1.82) is 0 Å². The van der Waals surface area contributed by atoms with E-state index in [0.29, 0.717) is 12.3 Å². The highest BCUT2D eigenvalue weighted by molar-refractivity contribution is 5.79. The van der Waals surface area contributed by atoms with E-state index in [1.165, 1.54) is 0 Å². The van der Waals surface area contributed by atoms with E-state index >= 15 is 0 Å². The van der Waals surface area contributed by atoms with E-state index in [0.717, 1.165) is 11.3 Å². The molecule has 1 heterocycles. The second-order valence-corrected chi connectivity index (χ2v) is 2.46. The Kier molecular flexibility index (Phi) is 1.28. The molecule has 0 bridgehead atoms. The van der Waals surface area contributed by atoms with Crippen LogP contribution in [0.2, 0.25) is 0 Å². The number of anilines is 1. The molecule has 1 aromatic carbocycles. The van der Waals surface area contributed by atoms with E-state index in [4.69, 9.17) is 5.11 Å². The van der Waals surface area contributed by atoms with Crippen molar-refractivity contribution in [2.45, 2.75) is 6.54 Å². The number of hydrogen-bond acceptors (Lipinski definition) is 3. The molecule has 2 N–H and O–H groups in total. The standard InChI is InChI=1S/C8H8N2O/c11-7-1-2-8-6(3-7)4-9-5-10-8/h1-3,5,11H,4H2,(H,9,10). The summed E-state index contributed by atoms with van der Waals surface area (Å²) in [5.41, 5.74) is 2.06. The monoisotopic (exact) mass is 148 g/mol. The number of phenolic OH excluding ortho intramolecular Hbond substituents is 1. The molecular formula is C8H8N2O. The molecule has 11 heavy (non-hydrogen) atoms. The summed E-state index contributed by atoms with van der Waals surface area (Å²) in [6, 6.07) is 5.22. The third kappa shape index (κ3) is 1.05. The van der Waals surface area contributed by atoms with Crippen molar-refractivity contribution < 1.29 is 5.11 Å². The largest absolute Gasteiger partial charge is 0.508 e. The number of fused-ring (bicyclic) bond motifs is 1. The fourth-order valence-corrected chi connectivity index (χ4v) is 1.11. The number of nitrogens with zero attached hydrogens (tertiary/aromatic N) is 1. The van der Waals surface area contributed by atoms with E-state index in [9.17, 15) is 0 Å². The number of aromatic hydroxyl groups is 1. The lowest BCUT2D eigenvalue weighted by atomic mass is 10.1. The van der Waals surface area contributed by atoms with E-state index < -0.39 is 0 Å². The van der Waals surface area contributed by atoms with Crippen molar-refractivity contribution in [1.82, 2.24) is 0 Å². The summed E-state index contributed by atoms with van der Waals surface area (Å²) < 4.78 is 0. The van der Waals surface area contributed by atoms with Gasteiger partial charge in [-0.1, -0.05) is 0 Å². The van der Waals surface area contributed by atoms with Crippen LogP contribution >= 0.6 is 0 Å². The zero-order valence-electron chi connectivity index (χ0n) is 5.91. The fraction of sp³-hybridized carbons (Fsp3) is 0.125. The van der Waals surface area contributed by atoms with Crippen molar-refractivity contribution in [3.05, 3.63) is 23.8 Å². The predicted octanol–water partition coefficient (Wildman–Crippen LogP) is 1.35. The van der Waals surface area contributed by atoms with Crippen molar-refractivity contribution in [3.8, 4) is 5.75 Å². The molecule has 56 valence electrons. The molecule has 1 aliphatic rings. The fourth-order valence-electron chi connectivity index (χ4n) is 1.11. The second kappa shape index (κ2) is 2.27. The Hall–Kier alpha value is -1.51. The molecule has 0 saturated heterocycles. The molecule has 0 spiro atoms. The van der Waals surface area contributed by atoms with Crippen molar-refractivity contribution in [2.75, 3.05) is 5.32 Å². The van der Waals surface area contributed by atoms with Crippen LogP contribution in [0.4, 0.5) is 5.69 Å². The van der Waals surface area contributed by atoms with Gasteiger partial charge in [0.1, 0.15) is 5.75 Å². The van der Waals surface area contributed by atoms with Crippen LogP contribution < -0.4 is 5.32 Å². The number of hydrogen-bond donors (Lipinski definition) is 2. The molecule has 3 nitrogen and oxygen atoms in total. The number of rotatable bonds is 0. The van der Waals surface area contributed by atoms with E-state index in [-0.39, 0.29) is 0 Å². The molecule has 1 aromatic rings. The van der Waals surface area contributed by atoms with Gasteiger partial charge in [-0.2, -0.15) is 0 Å². The molecule has 0 radical (unpaired) electrons. The minimum absolute atomic E-state index is 0.294. The first kappa shape index (κ1) is 6.22. The zero-order chi connectivity index (χ0) is 7.68. The summed E-state index contributed by atoms with van der Waals surface area (Å²) >= 11 is 0. The van der Waals surface area contributed by atoms with Gasteiger partial charge >= 0.3 is 0 Å². The van der Waals surface area contributed by atoms with Gasteiger partial charge in [-0.15, -0.1) is 0 Å². The normalized spacial score (nSPS) is 13.8. The summed E-state index contributed by atoms with van der Waals surface area (Å²) in [5.74, 6) is 0.294. The molecule has 0 atom stereocenters. The van der Waals surface area contributed by atoms with Crippen molar-refractivity contribution in [2.24, 2.45) is 4.99 Å². The van der Waals surface area contributed by atoms with Gasteiger partial charge in [-0.25, -0.2) is 0 Å². The molecule has 0 saturated carbocycles. The lowest BCUT2D eigenvalue weighted by molar-refractivity contribution is 0.474. The van der Waals surface area contributed by atoms with Crippen LogP contribution in [0.25, 0.3) is 0 Å². The first-order chi connectivity index (χ1) is 5.36. The first-order valence-corrected chi connectivity index (χ1v) is 3.43. The van der Waals surface area contributed by atoms with Crippen LogP contribution in [0, 0.1) is 0 Å². The highest BCUT2D eigenvalue weighted by atomic mass is 16.3. The minimum atomic E-state index is 0.294. The van der Waals surface area contributed by atoms with Gasteiger partial charge in [0.25, 0.3) is 0 Å². The maximum Gasteiger partial charge on any atom is 0.116 e. The molecule has 0 fully saturated rings. The van der Waals surface area contributed by atoms with Crippen LogP contribution in [-0.2, 0) is 6.54 Å². The summed E-state index contributed by atoms with van der Waals surface area (Å²) in [6.45, 7) is 0.650. The third-order valence-electron chi connectivity index (χ3n) is 1.66. The molecule has 0 aromatic heterocycles. The van der Waals surface area contributed by atoms with Crippen LogP contribution in [0.1, 0.15) is 5.56 Å². The third-order valence-corrected chi connectivity index (χ3v) is 1.66. The Balaban J connectivity index is 2.48. The minimum Gasteiger partial charge on any atom is -0.508 e. The van der Waals surface area contributed by atoms with Gasteiger partial charge in [0.2, 0.25) is 0 Å². The number of nitrogens with one attached hydrogen (secondary N) is 1. The van der Waals surface area contributed by atoms with Gasteiger partial charge < -0.3 is 10.4 Å². The summed E-state index contributed by atoms with van der Waals surface area (Å²) in [6.07, 6.45) is 1.67. The Morgan fingerprint density at radius 2 is 2.36 bits per heavy atom. The Morgan fingerprint density at radius 3 is 3.27 bits per heavy atom. The highest BCUT2D eigenvalue weighted by Gasteiger charge is 2.04. The lowest BCUT2D eigenvalue weighted by Crippen LogP contribution is -2.04. The van der Waals surface area contributed by atoms with Crippen molar-refractivity contribution >= 4 is 12.0 Å². The second-order valence-electron chi connectivity index (χ2n) is 2.46. The molecule has 2 rings (SSSR count). The molecule has 1 aliphatic heterocycles. The maximum atomic E-state index is 9.11. The lowest BCUT2D eigenvalue weighted by Gasteiger charge is -2.11. The number of benzene rings is 1. The van der Waals surface area contributed by atoms with Gasteiger partial charge in [0, 0.05) is 11.3 Å². The van der Waals surface area contributed by atoms with Gasteiger partial charge in [0.05, 0.1) is 12.9 Å². The van der Waals surface area contributed by atoms with Crippen LogP contribution in [0.15, 0.2) is 23.2 Å². The van der Waals surface area contributed by atoms with Gasteiger partial charge in [-0.05, 0) is 18.2 Å². The molecular weight excluding hydrogens is 140 g/mol. The maximum absolute atomic E-state index is 9.11. The average molecular weight is 148 g/mol. The number of phenols is 1. The number of aliphatic imine (C=N–C) groups is 1. The molecule has 0 aliphatic carbocycles. The van der Waals surface area contributed by atoms with Gasteiger partial charge in [-0.3, -0.25) is 4.99 Å². The van der Waals surface area contributed by atoms with Crippen LogP contribution in [0.5, 0.6) is 5.75 Å². The van der Waals surface area contributed by atoms with Gasteiger partial charge in [0.15, 0.2) is 0 Å². The van der Waals surface area contributed by atoms with E-state index in [2.05, 4.69) is 10.3 Å². The zero-order valence-corrected chi connectivity index (χ0v) is 5.91. The summed E-state index contributed by atoms with van der Waals surface area (Å²) in [7, 11) is 0. The Labute approximate surface area is 64.4 Å². The Bertz CT molecular complexity index is 307.